The number of benzene rings is 1. The summed E-state index contributed by atoms with van der Waals surface area (Å²) in [6.45, 7) is 0.875. The maximum atomic E-state index is 12.1. The van der Waals surface area contributed by atoms with Crippen LogP contribution in [-0.4, -0.2) is 43.9 Å². The van der Waals surface area contributed by atoms with Crippen molar-refractivity contribution >= 4 is 17.5 Å². The molecular formula is C15H19N5O2. The fraction of sp³-hybridized carbons (Fsp3) is 0.467. The average Bonchev–Trinajstić information content (AvgIpc) is 2.86. The molecule has 1 aliphatic rings. The lowest BCUT2D eigenvalue weighted by molar-refractivity contribution is -0.128. The third-order valence-corrected chi connectivity index (χ3v) is 3.68. The molecule has 0 aromatic heterocycles. The Kier molecular flexibility index (Phi) is 5.01. The third kappa shape index (κ3) is 3.77. The zero-order valence-electron chi connectivity index (χ0n) is 12.8. The number of hydrogen-bond acceptors (Lipinski definition) is 3. The molecule has 1 heterocycles. The Bertz CT molecular complexity index is 622. The average molecular weight is 301 g/mol. The van der Waals surface area contributed by atoms with Gasteiger partial charge >= 0.3 is 0 Å². The Balaban J connectivity index is 2.11. The molecule has 1 atom stereocenters. The molecule has 116 valence electrons. The highest BCUT2D eigenvalue weighted by Crippen LogP contribution is 2.26. The van der Waals surface area contributed by atoms with Gasteiger partial charge in [0.15, 0.2) is 0 Å². The molecule has 2 amide bonds. The van der Waals surface area contributed by atoms with E-state index in [0.29, 0.717) is 25.9 Å². The number of carbonyl (C=O) groups is 2. The summed E-state index contributed by atoms with van der Waals surface area (Å²) in [6, 6.07) is 7.46. The smallest absolute Gasteiger partial charge is 0.227 e. The van der Waals surface area contributed by atoms with E-state index in [-0.39, 0.29) is 17.7 Å². The SMILES string of the molecule is CN(C)C(=O)Cc1cccc(N2CC(CN=[N+]=[N-])CC2=O)c1. The lowest BCUT2D eigenvalue weighted by Crippen LogP contribution is -2.26. The molecule has 1 unspecified atom stereocenters. The normalized spacial score (nSPS) is 17.3. The predicted molar refractivity (Wildman–Crippen MR) is 83.3 cm³/mol. The van der Waals surface area contributed by atoms with Crippen LogP contribution < -0.4 is 4.90 Å². The van der Waals surface area contributed by atoms with E-state index in [1.165, 1.54) is 0 Å². The van der Waals surface area contributed by atoms with Crippen molar-refractivity contribution in [2.75, 3.05) is 32.1 Å². The van der Waals surface area contributed by atoms with E-state index in [2.05, 4.69) is 10.0 Å². The van der Waals surface area contributed by atoms with E-state index in [9.17, 15) is 9.59 Å². The van der Waals surface area contributed by atoms with E-state index in [0.717, 1.165) is 11.3 Å². The number of amides is 2. The zero-order chi connectivity index (χ0) is 16.1. The van der Waals surface area contributed by atoms with Crippen molar-refractivity contribution in [3.05, 3.63) is 40.3 Å². The molecule has 2 rings (SSSR count). The van der Waals surface area contributed by atoms with Crippen LogP contribution in [0.25, 0.3) is 10.4 Å². The minimum atomic E-state index is 0.0196. The quantitative estimate of drug-likeness (QED) is 0.473. The van der Waals surface area contributed by atoms with Gasteiger partial charge in [0.25, 0.3) is 0 Å². The summed E-state index contributed by atoms with van der Waals surface area (Å²) in [4.78, 5) is 29.9. The zero-order valence-corrected chi connectivity index (χ0v) is 12.8. The molecule has 0 aliphatic carbocycles. The van der Waals surface area contributed by atoms with Gasteiger partial charge in [-0.15, -0.1) is 0 Å². The van der Waals surface area contributed by atoms with Crippen molar-refractivity contribution in [3.63, 3.8) is 0 Å². The fourth-order valence-corrected chi connectivity index (χ4v) is 2.47. The summed E-state index contributed by atoms with van der Waals surface area (Å²) >= 11 is 0. The van der Waals surface area contributed by atoms with Gasteiger partial charge in [0, 0.05) is 44.2 Å². The van der Waals surface area contributed by atoms with Crippen molar-refractivity contribution < 1.29 is 9.59 Å². The summed E-state index contributed by atoms with van der Waals surface area (Å²) in [7, 11) is 3.44. The number of hydrogen-bond donors (Lipinski definition) is 0. The highest BCUT2D eigenvalue weighted by atomic mass is 16.2. The van der Waals surface area contributed by atoms with E-state index >= 15 is 0 Å². The minimum Gasteiger partial charge on any atom is -0.349 e. The number of azide groups is 1. The first-order chi connectivity index (χ1) is 10.5. The van der Waals surface area contributed by atoms with Crippen LogP contribution in [0.1, 0.15) is 12.0 Å². The second-order valence-corrected chi connectivity index (χ2v) is 5.62. The molecule has 0 saturated carbocycles. The van der Waals surface area contributed by atoms with Gasteiger partial charge in [-0.3, -0.25) is 9.59 Å². The Morgan fingerprint density at radius 3 is 2.95 bits per heavy atom. The molecule has 1 fully saturated rings. The van der Waals surface area contributed by atoms with Crippen molar-refractivity contribution in [2.45, 2.75) is 12.8 Å². The van der Waals surface area contributed by atoms with Crippen LogP contribution in [0.2, 0.25) is 0 Å². The van der Waals surface area contributed by atoms with Gasteiger partial charge in [-0.1, -0.05) is 17.2 Å². The van der Waals surface area contributed by atoms with Gasteiger partial charge < -0.3 is 9.80 Å². The summed E-state index contributed by atoms with van der Waals surface area (Å²) in [5, 5.41) is 3.54. The Morgan fingerprint density at radius 1 is 1.50 bits per heavy atom. The highest BCUT2D eigenvalue weighted by molar-refractivity contribution is 5.96. The van der Waals surface area contributed by atoms with Crippen LogP contribution in [0, 0.1) is 5.92 Å². The largest absolute Gasteiger partial charge is 0.349 e. The molecule has 0 radical (unpaired) electrons. The Hall–Kier alpha value is -2.53. The maximum absolute atomic E-state index is 12.1. The van der Waals surface area contributed by atoms with Gasteiger partial charge in [0.05, 0.1) is 6.42 Å². The molecule has 1 saturated heterocycles. The monoisotopic (exact) mass is 301 g/mol. The summed E-state index contributed by atoms with van der Waals surface area (Å²) in [5.41, 5.74) is 10.0. The summed E-state index contributed by atoms with van der Waals surface area (Å²) in [6.07, 6.45) is 0.699. The number of nitrogens with zero attached hydrogens (tertiary/aromatic N) is 5. The Morgan fingerprint density at radius 2 is 2.27 bits per heavy atom. The number of rotatable bonds is 5. The van der Waals surface area contributed by atoms with Crippen LogP contribution >= 0.6 is 0 Å². The molecule has 7 heteroatoms. The van der Waals surface area contributed by atoms with E-state index in [4.69, 9.17) is 5.53 Å². The molecule has 1 aromatic rings. The lowest BCUT2D eigenvalue weighted by Gasteiger charge is -2.18. The van der Waals surface area contributed by atoms with Gasteiger partial charge in [0.2, 0.25) is 11.8 Å². The molecule has 0 bridgehead atoms. The van der Waals surface area contributed by atoms with Crippen LogP contribution in [-0.2, 0) is 16.0 Å². The van der Waals surface area contributed by atoms with Crippen molar-refractivity contribution in [2.24, 2.45) is 11.0 Å². The standard InChI is InChI=1S/C15H19N5O2/c1-19(2)14(21)7-11-4-3-5-13(6-11)20-10-12(8-15(20)22)9-17-18-16/h3-6,12H,7-10H2,1-2H3. The second kappa shape index (κ2) is 6.95. The molecule has 7 nitrogen and oxygen atoms in total. The first-order valence-electron chi connectivity index (χ1n) is 7.11. The van der Waals surface area contributed by atoms with Crippen molar-refractivity contribution in [1.29, 1.82) is 0 Å². The molecular weight excluding hydrogens is 282 g/mol. The number of anilines is 1. The van der Waals surface area contributed by atoms with Crippen molar-refractivity contribution in [1.82, 2.24) is 4.90 Å². The Labute approximate surface area is 129 Å². The molecule has 1 aromatic carbocycles. The first kappa shape index (κ1) is 15.9. The van der Waals surface area contributed by atoms with Crippen LogP contribution in [0.4, 0.5) is 5.69 Å². The number of likely N-dealkylation sites (N-methyl/N-ethyl adjacent to an activating group) is 1. The molecule has 0 N–H and O–H groups in total. The van der Waals surface area contributed by atoms with E-state index < -0.39 is 0 Å². The highest BCUT2D eigenvalue weighted by Gasteiger charge is 2.30. The summed E-state index contributed by atoms with van der Waals surface area (Å²) < 4.78 is 0. The fourth-order valence-electron chi connectivity index (χ4n) is 2.47. The minimum absolute atomic E-state index is 0.0196. The molecule has 0 spiro atoms. The third-order valence-electron chi connectivity index (χ3n) is 3.68. The van der Waals surface area contributed by atoms with Gasteiger partial charge in [-0.05, 0) is 29.1 Å². The van der Waals surface area contributed by atoms with Gasteiger partial charge in [-0.2, -0.15) is 0 Å². The topological polar surface area (TPSA) is 89.4 Å². The first-order valence-corrected chi connectivity index (χ1v) is 7.11. The van der Waals surface area contributed by atoms with Crippen LogP contribution in [0.15, 0.2) is 29.4 Å². The molecule has 22 heavy (non-hydrogen) atoms. The maximum Gasteiger partial charge on any atom is 0.227 e. The van der Waals surface area contributed by atoms with Gasteiger partial charge in [0.1, 0.15) is 0 Å². The van der Waals surface area contributed by atoms with Gasteiger partial charge in [-0.25, -0.2) is 0 Å². The lowest BCUT2D eigenvalue weighted by atomic mass is 10.1. The molecule has 1 aliphatic heterocycles. The number of carbonyl (C=O) groups excluding carboxylic acids is 2. The second-order valence-electron chi connectivity index (χ2n) is 5.62. The van der Waals surface area contributed by atoms with Crippen LogP contribution in [0.5, 0.6) is 0 Å². The van der Waals surface area contributed by atoms with E-state index in [1.54, 1.807) is 23.9 Å². The summed E-state index contributed by atoms with van der Waals surface area (Å²) in [5.74, 6) is 0.0934. The van der Waals surface area contributed by atoms with Crippen LogP contribution in [0.3, 0.4) is 0 Å². The predicted octanol–water partition coefficient (Wildman–Crippen LogP) is 1.98. The van der Waals surface area contributed by atoms with Crippen molar-refractivity contribution in [3.8, 4) is 0 Å². The van der Waals surface area contributed by atoms with E-state index in [1.807, 2.05) is 24.3 Å².